The van der Waals surface area contributed by atoms with E-state index in [1.807, 2.05) is 23.2 Å². The van der Waals surface area contributed by atoms with Crippen molar-refractivity contribution in [2.45, 2.75) is 38.1 Å². The lowest BCUT2D eigenvalue weighted by atomic mass is 10.1. The molecule has 6 nitrogen and oxygen atoms in total. The lowest BCUT2D eigenvalue weighted by molar-refractivity contribution is 0.0708. The van der Waals surface area contributed by atoms with Gasteiger partial charge in [0.1, 0.15) is 0 Å². The molecule has 3 heterocycles. The van der Waals surface area contributed by atoms with Gasteiger partial charge in [0.15, 0.2) is 0 Å². The van der Waals surface area contributed by atoms with Gasteiger partial charge in [0.2, 0.25) is 0 Å². The highest BCUT2D eigenvalue weighted by Gasteiger charge is 2.31. The summed E-state index contributed by atoms with van der Waals surface area (Å²) in [5.74, 6) is -0.0359. The number of nitrogens with zero attached hydrogens (tertiary/aromatic N) is 3. The van der Waals surface area contributed by atoms with Gasteiger partial charge in [0.05, 0.1) is 0 Å². The van der Waals surface area contributed by atoms with Gasteiger partial charge in [0.25, 0.3) is 11.8 Å². The zero-order valence-electron chi connectivity index (χ0n) is 17.4. The van der Waals surface area contributed by atoms with E-state index in [0.717, 1.165) is 51.0 Å². The van der Waals surface area contributed by atoms with E-state index in [2.05, 4.69) is 15.2 Å². The maximum atomic E-state index is 13.0. The molecule has 2 aliphatic rings. The number of benzene rings is 1. The van der Waals surface area contributed by atoms with Gasteiger partial charge in [-0.2, -0.15) is 0 Å². The van der Waals surface area contributed by atoms with E-state index in [9.17, 15) is 9.59 Å². The number of rotatable bonds is 7. The molecule has 158 valence electrons. The van der Waals surface area contributed by atoms with Crippen LogP contribution < -0.4 is 5.32 Å². The summed E-state index contributed by atoms with van der Waals surface area (Å²) in [5, 5.41) is 2.93. The molecule has 0 bridgehead atoms. The molecule has 0 radical (unpaired) electrons. The predicted octanol–water partition coefficient (Wildman–Crippen LogP) is 2.75. The molecule has 2 fully saturated rings. The number of aromatic nitrogens is 1. The van der Waals surface area contributed by atoms with Crippen LogP contribution >= 0.6 is 0 Å². The summed E-state index contributed by atoms with van der Waals surface area (Å²) in [5.41, 5.74) is 2.33. The van der Waals surface area contributed by atoms with Gasteiger partial charge in [0, 0.05) is 49.2 Å². The molecular weight excluding hydrogens is 376 g/mol. The summed E-state index contributed by atoms with van der Waals surface area (Å²) < 4.78 is 0. The summed E-state index contributed by atoms with van der Waals surface area (Å²) in [6.07, 6.45) is 8.98. The highest BCUT2D eigenvalue weighted by Crippen LogP contribution is 2.22. The van der Waals surface area contributed by atoms with Crippen molar-refractivity contribution in [2.75, 3.05) is 32.7 Å². The van der Waals surface area contributed by atoms with Gasteiger partial charge in [-0.3, -0.25) is 14.6 Å². The maximum Gasteiger partial charge on any atom is 0.254 e. The zero-order chi connectivity index (χ0) is 20.8. The van der Waals surface area contributed by atoms with E-state index in [1.54, 1.807) is 30.5 Å². The van der Waals surface area contributed by atoms with E-state index >= 15 is 0 Å². The fourth-order valence-electron chi connectivity index (χ4n) is 4.45. The molecule has 0 saturated carbocycles. The number of carbonyl (C=O) groups excluding carboxylic acids is 2. The largest absolute Gasteiger partial charge is 0.352 e. The van der Waals surface area contributed by atoms with Crippen molar-refractivity contribution in [3.05, 3.63) is 65.5 Å². The van der Waals surface area contributed by atoms with E-state index in [1.165, 1.54) is 12.8 Å². The lowest BCUT2D eigenvalue weighted by Gasteiger charge is -2.28. The molecule has 2 amide bonds. The molecule has 30 heavy (non-hydrogen) atoms. The van der Waals surface area contributed by atoms with E-state index in [0.29, 0.717) is 23.7 Å². The quantitative estimate of drug-likeness (QED) is 0.768. The molecule has 2 aromatic rings. The molecule has 1 N–H and O–H groups in total. The van der Waals surface area contributed by atoms with Crippen molar-refractivity contribution < 1.29 is 9.59 Å². The molecule has 1 atom stereocenters. The summed E-state index contributed by atoms with van der Waals surface area (Å²) in [6, 6.07) is 11.3. The third kappa shape index (κ3) is 5.05. The van der Waals surface area contributed by atoms with Gasteiger partial charge < -0.3 is 15.1 Å². The Kier molecular flexibility index (Phi) is 6.74. The van der Waals surface area contributed by atoms with Gasteiger partial charge in [-0.25, -0.2) is 0 Å². The van der Waals surface area contributed by atoms with Crippen molar-refractivity contribution >= 4 is 11.8 Å². The van der Waals surface area contributed by atoms with E-state index < -0.39 is 0 Å². The van der Waals surface area contributed by atoms with Crippen molar-refractivity contribution in [1.29, 1.82) is 0 Å². The molecule has 1 aromatic carbocycles. The number of pyridine rings is 1. The van der Waals surface area contributed by atoms with Crippen molar-refractivity contribution in [1.82, 2.24) is 20.1 Å². The first-order valence-corrected chi connectivity index (χ1v) is 11.0. The minimum Gasteiger partial charge on any atom is -0.352 e. The first-order valence-electron chi connectivity index (χ1n) is 11.0. The highest BCUT2D eigenvalue weighted by atomic mass is 16.2. The Morgan fingerprint density at radius 1 is 1.00 bits per heavy atom. The Hall–Kier alpha value is -2.73. The fraction of sp³-hybridized carbons (Fsp3) is 0.458. The second-order valence-electron chi connectivity index (χ2n) is 8.25. The van der Waals surface area contributed by atoms with Crippen LogP contribution in [-0.2, 0) is 6.42 Å². The normalized spacial score (nSPS) is 19.2. The molecule has 1 aromatic heterocycles. The van der Waals surface area contributed by atoms with E-state index in [-0.39, 0.29) is 11.8 Å². The Morgan fingerprint density at radius 3 is 2.50 bits per heavy atom. The van der Waals surface area contributed by atoms with Crippen LogP contribution in [0.5, 0.6) is 0 Å². The lowest BCUT2D eigenvalue weighted by Crippen LogP contribution is -2.42. The van der Waals surface area contributed by atoms with Crippen molar-refractivity contribution in [3.63, 3.8) is 0 Å². The molecule has 2 saturated heterocycles. The van der Waals surface area contributed by atoms with Crippen molar-refractivity contribution in [2.24, 2.45) is 0 Å². The number of nitrogens with one attached hydrogen (secondary N) is 1. The SMILES string of the molecule is O=C(NCCc1cccnc1)c1ccc(C(=O)N2CCCC2CN2CCCC2)cc1. The highest BCUT2D eigenvalue weighted by molar-refractivity contribution is 5.98. The summed E-state index contributed by atoms with van der Waals surface area (Å²) in [7, 11) is 0. The van der Waals surface area contributed by atoms with Gasteiger partial charge >= 0.3 is 0 Å². The number of carbonyl (C=O) groups is 2. The monoisotopic (exact) mass is 406 g/mol. The first-order chi connectivity index (χ1) is 14.7. The predicted molar refractivity (Wildman–Crippen MR) is 116 cm³/mol. The van der Waals surface area contributed by atoms with Crippen LogP contribution in [0.4, 0.5) is 0 Å². The number of likely N-dealkylation sites (tertiary alicyclic amines) is 2. The zero-order valence-corrected chi connectivity index (χ0v) is 17.4. The maximum absolute atomic E-state index is 13.0. The number of amides is 2. The molecular formula is C24H30N4O2. The average molecular weight is 407 g/mol. The second kappa shape index (κ2) is 9.85. The Labute approximate surface area is 178 Å². The van der Waals surface area contributed by atoms with Crippen LogP contribution in [0.25, 0.3) is 0 Å². The van der Waals surface area contributed by atoms with Crippen LogP contribution in [-0.4, -0.2) is 65.4 Å². The Morgan fingerprint density at radius 2 is 1.77 bits per heavy atom. The van der Waals surface area contributed by atoms with Crippen LogP contribution in [0.15, 0.2) is 48.8 Å². The van der Waals surface area contributed by atoms with Gasteiger partial charge in [-0.15, -0.1) is 0 Å². The minimum atomic E-state index is -0.119. The molecule has 0 aliphatic carbocycles. The Balaban J connectivity index is 1.30. The molecule has 4 rings (SSSR count). The van der Waals surface area contributed by atoms with Crippen LogP contribution in [0.2, 0.25) is 0 Å². The Bertz CT molecular complexity index is 847. The standard InChI is InChI=1S/C24H30N4O2/c29-23(26-13-11-19-5-3-12-25-17-19)20-7-9-21(10-8-20)24(30)28-16-4-6-22(28)18-27-14-1-2-15-27/h3,5,7-10,12,17,22H,1-2,4,6,11,13-16,18H2,(H,26,29). The number of hydrogen-bond donors (Lipinski definition) is 1. The molecule has 2 aliphatic heterocycles. The summed E-state index contributed by atoms with van der Waals surface area (Å²) in [6.45, 7) is 4.68. The third-order valence-electron chi connectivity index (χ3n) is 6.12. The first kappa shape index (κ1) is 20.5. The number of hydrogen-bond acceptors (Lipinski definition) is 4. The topological polar surface area (TPSA) is 65.5 Å². The average Bonchev–Trinajstić information content (AvgIpc) is 3.47. The molecule has 1 unspecified atom stereocenters. The second-order valence-corrected chi connectivity index (χ2v) is 8.25. The fourth-order valence-corrected chi connectivity index (χ4v) is 4.45. The smallest absolute Gasteiger partial charge is 0.254 e. The molecule has 0 spiro atoms. The van der Waals surface area contributed by atoms with Crippen molar-refractivity contribution in [3.8, 4) is 0 Å². The minimum absolute atomic E-state index is 0.0835. The van der Waals surface area contributed by atoms with Crippen LogP contribution in [0.1, 0.15) is 52.0 Å². The van der Waals surface area contributed by atoms with Gasteiger partial charge in [-0.1, -0.05) is 6.07 Å². The van der Waals surface area contributed by atoms with Crippen LogP contribution in [0, 0.1) is 0 Å². The molecule has 6 heteroatoms. The van der Waals surface area contributed by atoms with Crippen LogP contribution in [0.3, 0.4) is 0 Å². The summed E-state index contributed by atoms with van der Waals surface area (Å²) >= 11 is 0. The summed E-state index contributed by atoms with van der Waals surface area (Å²) in [4.78, 5) is 34.0. The van der Waals surface area contributed by atoms with Gasteiger partial charge in [-0.05, 0) is 81.1 Å². The third-order valence-corrected chi connectivity index (χ3v) is 6.12. The van der Waals surface area contributed by atoms with E-state index in [4.69, 9.17) is 0 Å².